The van der Waals surface area contributed by atoms with Gasteiger partial charge in [0.15, 0.2) is 24.0 Å². The van der Waals surface area contributed by atoms with Gasteiger partial charge in [-0.1, -0.05) is 60.7 Å². The number of aromatic nitrogens is 4. The summed E-state index contributed by atoms with van der Waals surface area (Å²) >= 11 is 0. The molecule has 21 nitrogen and oxygen atoms in total. The van der Waals surface area contributed by atoms with Gasteiger partial charge in [-0.2, -0.15) is 12.9 Å². The maximum absolute atomic E-state index is 12.8. The minimum atomic E-state index is -6.05. The van der Waals surface area contributed by atoms with Gasteiger partial charge in [-0.25, -0.2) is 33.2 Å². The van der Waals surface area contributed by atoms with Crippen molar-refractivity contribution in [3.8, 4) is 5.75 Å². The Labute approximate surface area is 298 Å². The molecule has 6 N–H and O–H groups in total. The van der Waals surface area contributed by atoms with Crippen LogP contribution in [0.4, 0.5) is 5.82 Å². The maximum atomic E-state index is 12.8. The zero-order valence-corrected chi connectivity index (χ0v) is 30.3. The standard InChI is InChI=1S/C28H29N5O16P4/c29-26-23-27(31-15-30-26)33(16-32-23)28-25-24(44-22(45-25)12-17-6-2-1-3-7-17)21(43-28)14-42-50(34,35)47-52(38,39)49-53(40,41)48-51(36,37)46-20-11-10-18-8-4-5-9-19(18)13-20/h1-11,13,15-16,21-22,24-25,28H,12,14H2,(H,34,35)(H,36,37)(H,38,39)(H,40,41)(H2,29,30,31)/t21-,22?,24+,25?,28-/m1/s1. The molecule has 2 fully saturated rings. The van der Waals surface area contributed by atoms with Crippen molar-refractivity contribution in [3.63, 3.8) is 0 Å². The molecule has 2 aliphatic heterocycles. The number of phosphoric ester groups is 2. The van der Waals surface area contributed by atoms with Gasteiger partial charge in [0, 0.05) is 6.42 Å². The molecule has 3 aromatic carbocycles. The van der Waals surface area contributed by atoms with Gasteiger partial charge in [-0.3, -0.25) is 14.0 Å². The van der Waals surface area contributed by atoms with Crippen molar-refractivity contribution in [2.24, 2.45) is 0 Å². The second-order valence-electron chi connectivity index (χ2n) is 11.5. The molecule has 0 amide bonds. The summed E-state index contributed by atoms with van der Waals surface area (Å²) in [5, 5.41) is 1.31. The fourth-order valence-corrected chi connectivity index (χ4v) is 10.6. The van der Waals surface area contributed by atoms with E-state index in [2.05, 4.69) is 27.9 Å². The van der Waals surface area contributed by atoms with Crippen molar-refractivity contribution < 1.29 is 74.0 Å². The number of nitrogens with two attached hydrogens (primary N) is 1. The number of nitrogens with zero attached hydrogens (tertiary/aromatic N) is 4. The Morgan fingerprint density at radius 3 is 2.15 bits per heavy atom. The fraction of sp³-hybridized carbons (Fsp3) is 0.250. The number of rotatable bonds is 14. The molecule has 282 valence electrons. The summed E-state index contributed by atoms with van der Waals surface area (Å²) in [6.07, 6.45) is -1.89. The first-order valence-corrected chi connectivity index (χ1v) is 21.2. The Kier molecular flexibility index (Phi) is 10.5. The van der Waals surface area contributed by atoms with Gasteiger partial charge < -0.3 is 39.1 Å². The number of anilines is 1. The maximum Gasteiger partial charge on any atom is 0.536 e. The molecule has 53 heavy (non-hydrogen) atoms. The topological polar surface area (TPSA) is 293 Å². The molecule has 0 aliphatic carbocycles. The zero-order chi connectivity index (χ0) is 37.6. The molecule has 4 heterocycles. The molecule has 0 bridgehead atoms. The molecule has 7 rings (SSSR count). The van der Waals surface area contributed by atoms with Gasteiger partial charge in [0.1, 0.15) is 35.9 Å². The molecule has 25 heteroatoms. The third-order valence-corrected chi connectivity index (χ3v) is 13.6. The predicted octanol–water partition coefficient (Wildman–Crippen LogP) is 4.36. The first-order valence-electron chi connectivity index (χ1n) is 15.3. The lowest BCUT2D eigenvalue weighted by Gasteiger charge is -2.22. The summed E-state index contributed by atoms with van der Waals surface area (Å²) in [6, 6.07) is 20.2. The molecule has 2 aromatic heterocycles. The number of phosphoric acid groups is 4. The molecule has 9 atom stereocenters. The molecule has 6 unspecified atom stereocenters. The number of ether oxygens (including phenoxy) is 3. The molecule has 2 saturated heterocycles. The van der Waals surface area contributed by atoms with Gasteiger partial charge >= 0.3 is 31.3 Å². The highest BCUT2D eigenvalue weighted by Gasteiger charge is 2.55. The molecule has 0 spiro atoms. The Morgan fingerprint density at radius 1 is 0.736 bits per heavy atom. The average molecular weight is 815 g/mol. The summed E-state index contributed by atoms with van der Waals surface area (Å²) in [6.45, 7) is -0.824. The number of imidazole rings is 1. The van der Waals surface area contributed by atoms with E-state index in [1.807, 2.05) is 30.3 Å². The second-order valence-corrected chi connectivity index (χ2v) is 17.6. The predicted molar refractivity (Wildman–Crippen MR) is 180 cm³/mol. The first-order chi connectivity index (χ1) is 25.1. The van der Waals surface area contributed by atoms with Crippen LogP contribution < -0.4 is 10.3 Å². The van der Waals surface area contributed by atoms with Crippen LogP contribution in [-0.2, 0) is 56.3 Å². The number of hydrogen-bond acceptors (Lipinski definition) is 16. The molecule has 0 radical (unpaired) electrons. The lowest BCUT2D eigenvalue weighted by molar-refractivity contribution is -0.149. The average Bonchev–Trinajstić information content (AvgIpc) is 3.77. The van der Waals surface area contributed by atoms with Gasteiger partial charge in [0.2, 0.25) is 0 Å². The summed E-state index contributed by atoms with van der Waals surface area (Å²) in [5.74, 6) is -0.175. The van der Waals surface area contributed by atoms with Gasteiger partial charge in [0.25, 0.3) is 0 Å². The van der Waals surface area contributed by atoms with Crippen molar-refractivity contribution in [2.75, 3.05) is 12.3 Å². The van der Waals surface area contributed by atoms with Crippen molar-refractivity contribution in [2.45, 2.75) is 37.3 Å². The van der Waals surface area contributed by atoms with E-state index in [1.165, 1.54) is 35.4 Å². The normalized spacial score (nSPS) is 26.0. The largest absolute Gasteiger partial charge is 0.536 e. The lowest BCUT2D eigenvalue weighted by atomic mass is 10.1. The molecular weight excluding hydrogens is 786 g/mol. The summed E-state index contributed by atoms with van der Waals surface area (Å²) in [5.41, 5.74) is 7.35. The molecule has 5 aromatic rings. The molecule has 0 saturated carbocycles. The van der Waals surface area contributed by atoms with Crippen LogP contribution in [0.3, 0.4) is 0 Å². The van der Waals surface area contributed by atoms with Crippen LogP contribution in [0.1, 0.15) is 11.8 Å². The minimum Gasteiger partial charge on any atom is -0.404 e. The zero-order valence-electron chi connectivity index (χ0n) is 26.7. The fourth-order valence-electron chi connectivity index (χ4n) is 5.70. The number of benzene rings is 3. The van der Waals surface area contributed by atoms with Crippen LogP contribution in [0, 0.1) is 0 Å². The third-order valence-electron chi connectivity index (χ3n) is 7.77. The van der Waals surface area contributed by atoms with E-state index >= 15 is 0 Å². The van der Waals surface area contributed by atoms with E-state index < -0.39 is 68.7 Å². The van der Waals surface area contributed by atoms with E-state index in [0.717, 1.165) is 10.9 Å². The summed E-state index contributed by atoms with van der Waals surface area (Å²) < 4.78 is 92.1. The van der Waals surface area contributed by atoms with Crippen LogP contribution >= 0.6 is 31.3 Å². The number of fused-ring (bicyclic) bond motifs is 3. The third kappa shape index (κ3) is 8.93. The van der Waals surface area contributed by atoms with E-state index in [9.17, 15) is 37.8 Å². The quantitative estimate of drug-likeness (QED) is 0.0973. The SMILES string of the molecule is Nc1ncnc2c1ncn2[C@@H]1O[C@H](COP(=O)(O)OP(=O)(O)OP(=O)(O)OP(=O)(O)Oc2ccc3ccccc3c2)[C@@H]2OC(Cc3ccccc3)OC21. The highest BCUT2D eigenvalue weighted by molar-refractivity contribution is 7.69. The van der Waals surface area contributed by atoms with E-state index in [0.29, 0.717) is 11.8 Å². The highest BCUT2D eigenvalue weighted by Crippen LogP contribution is 2.71. The number of nitrogen functional groups attached to an aromatic ring is 1. The van der Waals surface area contributed by atoms with Crippen LogP contribution in [-0.4, -0.2) is 70.3 Å². The number of hydrogen-bond donors (Lipinski definition) is 5. The van der Waals surface area contributed by atoms with Gasteiger partial charge in [0.05, 0.1) is 12.9 Å². The van der Waals surface area contributed by atoms with Crippen LogP contribution in [0.25, 0.3) is 21.9 Å². The second kappa shape index (κ2) is 14.7. The Balaban J connectivity index is 1.01. The Hall–Kier alpha value is -3.45. The minimum absolute atomic E-state index is 0.0971. The molecule has 2 aliphatic rings. The van der Waals surface area contributed by atoms with Crippen LogP contribution in [0.15, 0.2) is 85.5 Å². The van der Waals surface area contributed by atoms with E-state index in [1.54, 1.807) is 24.3 Å². The van der Waals surface area contributed by atoms with Crippen molar-refractivity contribution in [1.29, 1.82) is 0 Å². The monoisotopic (exact) mass is 815 g/mol. The summed E-state index contributed by atoms with van der Waals surface area (Å²) in [4.78, 5) is 52.8. The smallest absolute Gasteiger partial charge is 0.404 e. The van der Waals surface area contributed by atoms with Crippen molar-refractivity contribution in [1.82, 2.24) is 19.5 Å². The molecular formula is C28H29N5O16P4. The van der Waals surface area contributed by atoms with E-state index in [-0.39, 0.29) is 22.7 Å². The first kappa shape index (κ1) is 37.8. The van der Waals surface area contributed by atoms with Gasteiger partial charge in [-0.05, 0) is 28.5 Å². The Morgan fingerprint density at radius 2 is 1.40 bits per heavy atom. The lowest BCUT2D eigenvalue weighted by Crippen LogP contribution is -2.31. The van der Waals surface area contributed by atoms with Gasteiger partial charge in [-0.15, -0.1) is 0 Å². The van der Waals surface area contributed by atoms with E-state index in [4.69, 9.17) is 29.0 Å². The Bertz CT molecular complexity index is 2330. The van der Waals surface area contributed by atoms with Crippen LogP contribution in [0.2, 0.25) is 0 Å². The summed E-state index contributed by atoms with van der Waals surface area (Å²) in [7, 11) is -23.2. The van der Waals surface area contributed by atoms with Crippen molar-refractivity contribution >= 4 is 59.0 Å². The highest BCUT2D eigenvalue weighted by atomic mass is 31.3. The van der Waals surface area contributed by atoms with Crippen molar-refractivity contribution in [3.05, 3.63) is 91.0 Å². The van der Waals surface area contributed by atoms with Crippen LogP contribution in [0.5, 0.6) is 5.75 Å².